The summed E-state index contributed by atoms with van der Waals surface area (Å²) in [7, 11) is 1.54. The van der Waals surface area contributed by atoms with Gasteiger partial charge in [0.2, 0.25) is 5.91 Å². The van der Waals surface area contributed by atoms with Crippen molar-refractivity contribution in [2.45, 2.75) is 13.3 Å². The number of rotatable bonds is 6. The van der Waals surface area contributed by atoms with E-state index in [2.05, 4.69) is 4.90 Å². The molecule has 0 atom stereocenters. The summed E-state index contributed by atoms with van der Waals surface area (Å²) in [4.78, 5) is 38.7. The van der Waals surface area contributed by atoms with Crippen LogP contribution in [0.4, 0.5) is 11.4 Å². The highest BCUT2D eigenvalue weighted by atomic mass is 16.6. The van der Waals surface area contributed by atoms with Gasteiger partial charge in [0.1, 0.15) is 5.75 Å². The zero-order valence-corrected chi connectivity index (χ0v) is 16.5. The highest BCUT2D eigenvalue weighted by Gasteiger charge is 2.23. The summed E-state index contributed by atoms with van der Waals surface area (Å²) in [6.07, 6.45) is 0.168. The van der Waals surface area contributed by atoms with Crippen molar-refractivity contribution in [2.24, 2.45) is 0 Å². The average molecular weight is 397 g/mol. The Morgan fingerprint density at radius 3 is 2.28 bits per heavy atom. The molecule has 1 saturated heterocycles. The van der Waals surface area contributed by atoms with Crippen molar-refractivity contribution in [3.63, 3.8) is 0 Å². The molecule has 2 aromatic carbocycles. The van der Waals surface area contributed by atoms with Crippen LogP contribution in [0.15, 0.2) is 42.5 Å². The van der Waals surface area contributed by atoms with E-state index < -0.39 is 4.92 Å². The number of methoxy groups -OCH3 is 1. The summed E-state index contributed by atoms with van der Waals surface area (Å²) in [5.74, 6) is 0.512. The number of nitro groups is 1. The zero-order valence-electron chi connectivity index (χ0n) is 16.5. The number of non-ortho nitro benzene ring substituents is 1. The van der Waals surface area contributed by atoms with Crippen molar-refractivity contribution in [1.82, 2.24) is 4.90 Å². The number of benzene rings is 2. The first kappa shape index (κ1) is 20.3. The normalized spacial score (nSPS) is 13.9. The number of ether oxygens (including phenoxy) is 1. The summed E-state index contributed by atoms with van der Waals surface area (Å²) in [6, 6.07) is 11.6. The predicted octanol–water partition coefficient (Wildman–Crippen LogP) is 2.70. The molecule has 3 rings (SSSR count). The standard InChI is InChI=1S/C21H23N3O5/c1-15(25)16-3-8-20(29-2)17(13-16)14-21(26)23-11-9-22(10-12-23)18-4-6-19(7-5-18)24(27)28/h3-8,13H,9-12,14H2,1-2H3. The van der Waals surface area contributed by atoms with Crippen LogP contribution in [0, 0.1) is 10.1 Å². The van der Waals surface area contributed by atoms with E-state index in [0.29, 0.717) is 43.1 Å². The van der Waals surface area contributed by atoms with Gasteiger partial charge in [0.25, 0.3) is 5.69 Å². The van der Waals surface area contributed by atoms with E-state index in [4.69, 9.17) is 4.74 Å². The fourth-order valence-corrected chi connectivity index (χ4v) is 3.41. The minimum Gasteiger partial charge on any atom is -0.496 e. The molecule has 0 bridgehead atoms. The van der Waals surface area contributed by atoms with Crippen molar-refractivity contribution < 1.29 is 19.2 Å². The van der Waals surface area contributed by atoms with Crippen molar-refractivity contribution in [3.8, 4) is 5.75 Å². The van der Waals surface area contributed by atoms with Gasteiger partial charge in [0.15, 0.2) is 5.78 Å². The van der Waals surface area contributed by atoms with E-state index in [1.165, 1.54) is 19.1 Å². The molecule has 29 heavy (non-hydrogen) atoms. The molecule has 1 aliphatic heterocycles. The second-order valence-electron chi connectivity index (χ2n) is 6.90. The maximum atomic E-state index is 12.8. The maximum absolute atomic E-state index is 12.8. The van der Waals surface area contributed by atoms with Gasteiger partial charge in [0.05, 0.1) is 18.5 Å². The van der Waals surface area contributed by atoms with Gasteiger partial charge in [-0.1, -0.05) is 0 Å². The minimum absolute atomic E-state index is 0.0210. The van der Waals surface area contributed by atoms with E-state index >= 15 is 0 Å². The number of nitrogens with zero attached hydrogens (tertiary/aromatic N) is 3. The van der Waals surface area contributed by atoms with E-state index in [1.807, 2.05) is 0 Å². The van der Waals surface area contributed by atoms with Crippen LogP contribution in [0.25, 0.3) is 0 Å². The third kappa shape index (κ3) is 4.71. The number of carbonyl (C=O) groups is 2. The number of nitro benzene ring substituents is 1. The van der Waals surface area contributed by atoms with Gasteiger partial charge in [-0.2, -0.15) is 0 Å². The number of piperazine rings is 1. The van der Waals surface area contributed by atoms with Crippen LogP contribution in [-0.2, 0) is 11.2 Å². The van der Waals surface area contributed by atoms with Gasteiger partial charge < -0.3 is 14.5 Å². The number of anilines is 1. The van der Waals surface area contributed by atoms with E-state index in [0.717, 1.165) is 5.69 Å². The summed E-state index contributed by atoms with van der Waals surface area (Å²) < 4.78 is 5.33. The zero-order chi connectivity index (χ0) is 21.0. The molecule has 0 aliphatic carbocycles. The van der Waals surface area contributed by atoms with Crippen LogP contribution in [0.5, 0.6) is 5.75 Å². The monoisotopic (exact) mass is 397 g/mol. The fraction of sp³-hybridized carbons (Fsp3) is 0.333. The smallest absolute Gasteiger partial charge is 0.269 e. The number of hydrogen-bond donors (Lipinski definition) is 0. The van der Waals surface area contributed by atoms with Gasteiger partial charge in [-0.05, 0) is 37.3 Å². The summed E-state index contributed by atoms with van der Waals surface area (Å²) >= 11 is 0. The largest absolute Gasteiger partial charge is 0.496 e. The number of Topliss-reactive ketones (excluding diaryl/α,β-unsaturated/α-hetero) is 1. The summed E-state index contributed by atoms with van der Waals surface area (Å²) in [5, 5.41) is 10.8. The molecule has 0 radical (unpaired) electrons. The molecule has 2 aromatic rings. The van der Waals surface area contributed by atoms with Gasteiger partial charge in [-0.25, -0.2) is 0 Å². The first-order chi connectivity index (χ1) is 13.9. The van der Waals surface area contributed by atoms with Crippen molar-refractivity contribution in [1.29, 1.82) is 0 Å². The van der Waals surface area contributed by atoms with E-state index in [-0.39, 0.29) is 23.8 Å². The number of carbonyl (C=O) groups excluding carboxylic acids is 2. The molecule has 1 amide bonds. The highest BCUT2D eigenvalue weighted by molar-refractivity contribution is 5.94. The molecule has 1 aliphatic rings. The number of ketones is 1. The Bertz CT molecular complexity index is 918. The number of hydrogen-bond acceptors (Lipinski definition) is 6. The van der Waals surface area contributed by atoms with Crippen LogP contribution in [0.1, 0.15) is 22.8 Å². The van der Waals surface area contributed by atoms with Crippen LogP contribution in [0.2, 0.25) is 0 Å². The molecule has 0 saturated carbocycles. The Morgan fingerprint density at radius 2 is 1.72 bits per heavy atom. The topological polar surface area (TPSA) is 93.0 Å². The van der Waals surface area contributed by atoms with Crippen molar-refractivity contribution >= 4 is 23.1 Å². The maximum Gasteiger partial charge on any atom is 0.269 e. The van der Waals surface area contributed by atoms with Gasteiger partial charge in [0, 0.05) is 55.1 Å². The Balaban J connectivity index is 1.62. The SMILES string of the molecule is COc1ccc(C(C)=O)cc1CC(=O)N1CCN(c2ccc([N+](=O)[O-])cc2)CC1. The van der Waals surface area contributed by atoms with E-state index in [9.17, 15) is 19.7 Å². The fourth-order valence-electron chi connectivity index (χ4n) is 3.41. The third-order valence-electron chi connectivity index (χ3n) is 5.09. The number of amides is 1. The molecular formula is C21H23N3O5. The highest BCUT2D eigenvalue weighted by Crippen LogP contribution is 2.23. The first-order valence-electron chi connectivity index (χ1n) is 9.34. The minimum atomic E-state index is -0.421. The predicted molar refractivity (Wildman–Crippen MR) is 109 cm³/mol. The Hall–Kier alpha value is -3.42. The quantitative estimate of drug-likeness (QED) is 0.423. The molecular weight excluding hydrogens is 374 g/mol. The first-order valence-corrected chi connectivity index (χ1v) is 9.34. The second kappa shape index (κ2) is 8.72. The molecule has 0 spiro atoms. The van der Waals surface area contributed by atoms with Gasteiger partial charge in [-0.15, -0.1) is 0 Å². The second-order valence-corrected chi connectivity index (χ2v) is 6.90. The molecule has 0 aromatic heterocycles. The molecule has 1 heterocycles. The molecule has 0 N–H and O–H groups in total. The Kier molecular flexibility index (Phi) is 6.11. The average Bonchev–Trinajstić information content (AvgIpc) is 2.73. The van der Waals surface area contributed by atoms with Gasteiger partial charge >= 0.3 is 0 Å². The summed E-state index contributed by atoms with van der Waals surface area (Å²) in [6.45, 7) is 3.91. The lowest BCUT2D eigenvalue weighted by Gasteiger charge is -2.36. The molecule has 1 fully saturated rings. The molecule has 0 unspecified atom stereocenters. The van der Waals surface area contributed by atoms with Crippen LogP contribution in [0.3, 0.4) is 0 Å². The lowest BCUT2D eigenvalue weighted by molar-refractivity contribution is -0.384. The Labute approximate surface area is 168 Å². The Morgan fingerprint density at radius 1 is 1.07 bits per heavy atom. The molecule has 152 valence electrons. The van der Waals surface area contributed by atoms with Crippen molar-refractivity contribution in [2.75, 3.05) is 38.2 Å². The summed E-state index contributed by atoms with van der Waals surface area (Å²) in [5.41, 5.74) is 2.21. The van der Waals surface area contributed by atoms with Gasteiger partial charge in [-0.3, -0.25) is 19.7 Å². The van der Waals surface area contributed by atoms with Crippen LogP contribution < -0.4 is 9.64 Å². The van der Waals surface area contributed by atoms with Crippen molar-refractivity contribution in [3.05, 3.63) is 63.7 Å². The van der Waals surface area contributed by atoms with E-state index in [1.54, 1.807) is 42.3 Å². The molecule has 8 nitrogen and oxygen atoms in total. The lowest BCUT2D eigenvalue weighted by atomic mass is 10.0. The lowest BCUT2D eigenvalue weighted by Crippen LogP contribution is -2.49. The third-order valence-corrected chi connectivity index (χ3v) is 5.09. The van der Waals surface area contributed by atoms with Crippen LogP contribution in [-0.4, -0.2) is 54.8 Å². The van der Waals surface area contributed by atoms with Crippen LogP contribution >= 0.6 is 0 Å². The molecule has 8 heteroatoms.